The third kappa shape index (κ3) is 2.75. The van der Waals surface area contributed by atoms with Crippen LogP contribution in [0.1, 0.15) is 16.2 Å². The lowest BCUT2D eigenvalue weighted by Gasteiger charge is -2.06. The number of rotatable bonds is 2. The average molecular weight is 346 g/mol. The van der Waals surface area contributed by atoms with Crippen molar-refractivity contribution in [3.63, 3.8) is 0 Å². The number of nitrogens with one attached hydrogen (secondary N) is 1. The molecule has 1 aromatic heterocycles. The van der Waals surface area contributed by atoms with Crippen LogP contribution >= 0.6 is 15.9 Å². The summed E-state index contributed by atoms with van der Waals surface area (Å²) in [4.78, 5) is 16.4. The highest BCUT2D eigenvalue weighted by molar-refractivity contribution is 9.10. The van der Waals surface area contributed by atoms with Crippen LogP contribution in [0.5, 0.6) is 0 Å². The van der Waals surface area contributed by atoms with Crippen molar-refractivity contribution < 1.29 is 9.21 Å². The van der Waals surface area contributed by atoms with Crippen LogP contribution in [0.4, 0.5) is 11.4 Å². The molecule has 21 heavy (non-hydrogen) atoms. The average Bonchev–Trinajstić information content (AvgIpc) is 2.81. The van der Waals surface area contributed by atoms with Gasteiger partial charge < -0.3 is 15.5 Å². The molecular weight excluding hydrogens is 334 g/mol. The topological polar surface area (TPSA) is 81.2 Å². The Balaban J connectivity index is 1.86. The number of amides is 1. The summed E-state index contributed by atoms with van der Waals surface area (Å²) in [5.41, 5.74) is 8.85. The van der Waals surface area contributed by atoms with E-state index < -0.39 is 0 Å². The van der Waals surface area contributed by atoms with Gasteiger partial charge in [0, 0.05) is 28.3 Å². The molecule has 2 aromatic carbocycles. The summed E-state index contributed by atoms with van der Waals surface area (Å²) >= 11 is 3.30. The Bertz CT molecular complexity index is 842. The number of aryl methyl sites for hydroxylation is 1. The second kappa shape index (κ2) is 5.21. The largest absolute Gasteiger partial charge is 0.441 e. The second-order valence-corrected chi connectivity index (χ2v) is 5.46. The molecule has 0 aliphatic heterocycles. The summed E-state index contributed by atoms with van der Waals surface area (Å²) in [6.45, 7) is 1.78. The minimum Gasteiger partial charge on any atom is -0.441 e. The number of anilines is 2. The van der Waals surface area contributed by atoms with Crippen molar-refractivity contribution in [2.24, 2.45) is 0 Å². The van der Waals surface area contributed by atoms with Gasteiger partial charge in [-0.3, -0.25) is 4.79 Å². The van der Waals surface area contributed by atoms with E-state index in [1.54, 1.807) is 43.3 Å². The van der Waals surface area contributed by atoms with E-state index in [1.165, 1.54) is 0 Å². The molecule has 1 heterocycles. The molecule has 0 aliphatic rings. The molecule has 0 radical (unpaired) electrons. The maximum absolute atomic E-state index is 12.2. The number of aromatic nitrogens is 1. The number of carbonyl (C=O) groups is 1. The molecule has 3 N–H and O–H groups in total. The van der Waals surface area contributed by atoms with Crippen LogP contribution in [-0.2, 0) is 0 Å². The predicted molar refractivity (Wildman–Crippen MR) is 85.3 cm³/mol. The number of nitrogens with two attached hydrogens (primary N) is 1. The number of benzene rings is 2. The van der Waals surface area contributed by atoms with Crippen LogP contribution in [0, 0.1) is 6.92 Å². The number of oxazole rings is 1. The molecule has 0 bridgehead atoms. The molecule has 1 amide bonds. The van der Waals surface area contributed by atoms with Crippen molar-refractivity contribution in [3.05, 3.63) is 52.3 Å². The molecule has 6 heteroatoms. The first-order valence-electron chi connectivity index (χ1n) is 6.26. The van der Waals surface area contributed by atoms with Crippen molar-refractivity contribution in [1.29, 1.82) is 0 Å². The van der Waals surface area contributed by atoms with E-state index in [2.05, 4.69) is 26.2 Å². The highest BCUT2D eigenvalue weighted by atomic mass is 79.9. The molecule has 0 aliphatic carbocycles. The molecule has 0 spiro atoms. The minimum atomic E-state index is -0.228. The summed E-state index contributed by atoms with van der Waals surface area (Å²) in [5.74, 6) is 0.364. The van der Waals surface area contributed by atoms with E-state index in [0.29, 0.717) is 33.9 Å². The van der Waals surface area contributed by atoms with Gasteiger partial charge in [-0.25, -0.2) is 4.98 Å². The van der Waals surface area contributed by atoms with Gasteiger partial charge in [-0.1, -0.05) is 0 Å². The van der Waals surface area contributed by atoms with E-state index in [1.807, 2.05) is 0 Å². The highest BCUT2D eigenvalue weighted by Crippen LogP contribution is 2.22. The number of hydrogen-bond acceptors (Lipinski definition) is 4. The zero-order chi connectivity index (χ0) is 15.0. The number of fused-ring (bicyclic) bond motifs is 1. The normalized spacial score (nSPS) is 10.8. The van der Waals surface area contributed by atoms with Crippen molar-refractivity contribution in [2.75, 3.05) is 11.1 Å². The maximum atomic E-state index is 12.2. The molecule has 3 rings (SSSR count). The van der Waals surface area contributed by atoms with E-state index in [-0.39, 0.29) is 5.91 Å². The number of carbonyl (C=O) groups excluding carboxylic acids is 1. The third-order valence-electron chi connectivity index (χ3n) is 3.01. The van der Waals surface area contributed by atoms with Gasteiger partial charge in [0.15, 0.2) is 11.5 Å². The number of hydrogen-bond donors (Lipinski definition) is 2. The molecule has 0 fully saturated rings. The molecule has 5 nitrogen and oxygen atoms in total. The van der Waals surface area contributed by atoms with Gasteiger partial charge in [0.25, 0.3) is 5.91 Å². The smallest absolute Gasteiger partial charge is 0.255 e. The van der Waals surface area contributed by atoms with Crippen molar-refractivity contribution in [3.8, 4) is 0 Å². The summed E-state index contributed by atoms with van der Waals surface area (Å²) in [6, 6.07) is 10.4. The highest BCUT2D eigenvalue weighted by Gasteiger charge is 2.09. The molecule has 0 saturated carbocycles. The van der Waals surface area contributed by atoms with Crippen LogP contribution in [0.2, 0.25) is 0 Å². The van der Waals surface area contributed by atoms with Crippen molar-refractivity contribution >= 4 is 44.3 Å². The van der Waals surface area contributed by atoms with E-state index in [9.17, 15) is 4.79 Å². The summed E-state index contributed by atoms with van der Waals surface area (Å²) in [6.07, 6.45) is 0. The number of halogens is 1. The quantitative estimate of drug-likeness (QED) is 0.693. The molecule has 0 unspecified atom stereocenters. The zero-order valence-electron chi connectivity index (χ0n) is 11.2. The van der Waals surface area contributed by atoms with Gasteiger partial charge in [0.2, 0.25) is 0 Å². The van der Waals surface area contributed by atoms with Crippen LogP contribution in [0.3, 0.4) is 0 Å². The third-order valence-corrected chi connectivity index (χ3v) is 3.73. The fourth-order valence-electron chi connectivity index (χ4n) is 2.01. The fourth-order valence-corrected chi connectivity index (χ4v) is 2.26. The summed E-state index contributed by atoms with van der Waals surface area (Å²) < 4.78 is 6.16. The van der Waals surface area contributed by atoms with E-state index in [4.69, 9.17) is 10.2 Å². The van der Waals surface area contributed by atoms with Crippen molar-refractivity contribution in [1.82, 2.24) is 4.98 Å². The van der Waals surface area contributed by atoms with Gasteiger partial charge in [0.1, 0.15) is 5.52 Å². The Hall–Kier alpha value is -2.34. The Morgan fingerprint density at radius 3 is 2.86 bits per heavy atom. The first kappa shape index (κ1) is 13.6. The maximum Gasteiger partial charge on any atom is 0.255 e. The summed E-state index contributed by atoms with van der Waals surface area (Å²) in [5, 5.41) is 2.81. The first-order chi connectivity index (χ1) is 10.0. The fraction of sp³-hybridized carbons (Fsp3) is 0.0667. The van der Waals surface area contributed by atoms with Crippen molar-refractivity contribution in [2.45, 2.75) is 6.92 Å². The SMILES string of the molecule is Cc1nc2cc(NC(=O)c3ccc(Br)c(N)c3)ccc2o1. The van der Waals surface area contributed by atoms with Crippen LogP contribution in [0.15, 0.2) is 45.3 Å². The molecule has 3 aromatic rings. The van der Waals surface area contributed by atoms with Gasteiger partial charge in [-0.15, -0.1) is 0 Å². The Labute approximate surface area is 129 Å². The lowest BCUT2D eigenvalue weighted by Crippen LogP contribution is -2.12. The van der Waals surface area contributed by atoms with Crippen LogP contribution in [-0.4, -0.2) is 10.9 Å². The van der Waals surface area contributed by atoms with Crippen LogP contribution < -0.4 is 11.1 Å². The number of nitrogen functional groups attached to an aromatic ring is 1. The first-order valence-corrected chi connectivity index (χ1v) is 7.06. The standard InChI is InChI=1S/C15H12BrN3O2/c1-8-18-13-7-10(3-5-14(13)21-8)19-15(20)9-2-4-11(16)12(17)6-9/h2-7H,17H2,1H3,(H,19,20). The summed E-state index contributed by atoms with van der Waals surface area (Å²) in [7, 11) is 0. The van der Waals surface area contributed by atoms with Crippen LogP contribution in [0.25, 0.3) is 11.1 Å². The van der Waals surface area contributed by atoms with Gasteiger partial charge in [-0.2, -0.15) is 0 Å². The Morgan fingerprint density at radius 2 is 2.10 bits per heavy atom. The Kier molecular flexibility index (Phi) is 3.39. The molecule has 0 saturated heterocycles. The van der Waals surface area contributed by atoms with E-state index >= 15 is 0 Å². The van der Waals surface area contributed by atoms with E-state index in [0.717, 1.165) is 4.47 Å². The zero-order valence-corrected chi connectivity index (χ0v) is 12.8. The second-order valence-electron chi connectivity index (χ2n) is 4.61. The van der Waals surface area contributed by atoms with Gasteiger partial charge in [0.05, 0.1) is 0 Å². The monoisotopic (exact) mass is 345 g/mol. The molecular formula is C15H12BrN3O2. The lowest BCUT2D eigenvalue weighted by molar-refractivity contribution is 0.102. The Morgan fingerprint density at radius 1 is 1.29 bits per heavy atom. The molecule has 0 atom stereocenters. The predicted octanol–water partition coefficient (Wildman–Crippen LogP) is 3.73. The van der Waals surface area contributed by atoms with Gasteiger partial charge in [-0.05, 0) is 52.3 Å². The minimum absolute atomic E-state index is 0.228. The molecule has 106 valence electrons. The lowest BCUT2D eigenvalue weighted by atomic mass is 10.2. The van der Waals surface area contributed by atoms with Gasteiger partial charge >= 0.3 is 0 Å². The number of nitrogens with zero attached hydrogens (tertiary/aromatic N) is 1.